The van der Waals surface area contributed by atoms with Gasteiger partial charge in [0.2, 0.25) is 5.91 Å². The summed E-state index contributed by atoms with van der Waals surface area (Å²) in [5, 5.41) is 21.1. The van der Waals surface area contributed by atoms with Gasteiger partial charge >= 0.3 is 6.18 Å². The molecule has 0 saturated heterocycles. The van der Waals surface area contributed by atoms with E-state index in [1.807, 2.05) is 6.92 Å². The van der Waals surface area contributed by atoms with E-state index in [9.17, 15) is 22.8 Å². The zero-order valence-corrected chi connectivity index (χ0v) is 22.8. The average Bonchev–Trinajstić information content (AvgIpc) is 3.51. The molecule has 1 aromatic carbocycles. The van der Waals surface area contributed by atoms with E-state index in [1.54, 1.807) is 43.3 Å². The first kappa shape index (κ1) is 29.9. The number of fused-ring (bicyclic) bond motifs is 1. The van der Waals surface area contributed by atoms with Crippen LogP contribution in [0, 0.1) is 11.3 Å². The standard InChI is InChI=1S/C28H28F3N9O2/c1-3-17-13-18(6-7-19(17)27(42)36-11-10-35-26(41)16(2)33)38-25-23-20(5-4-9-34-25)21(14-37-23)22-15-40(12-8-32)39-24(22)28(29,30)31/h4-7,9,13-16H,3,10-12,33H2,1-2H3,(H,34,38)(H,35,41)(H,36,42)/t16-/m1/s1. The van der Waals surface area contributed by atoms with Crippen LogP contribution in [-0.2, 0) is 23.9 Å². The molecule has 0 fully saturated rings. The van der Waals surface area contributed by atoms with Gasteiger partial charge in [0.15, 0.2) is 11.5 Å². The van der Waals surface area contributed by atoms with Crippen molar-refractivity contribution >= 4 is 23.3 Å². The summed E-state index contributed by atoms with van der Waals surface area (Å²) in [6, 6.07) is 9.47. The number of amides is 2. The SMILES string of the molecule is CCc1cc(Nc2ncccc3c(-c4cn(CC#N)nc4C(F)(F)F)cnc2-3)ccc1C(=O)NCCNC(=O)[C@@H](C)N. The number of anilines is 2. The van der Waals surface area contributed by atoms with E-state index in [0.29, 0.717) is 34.7 Å². The predicted molar refractivity (Wildman–Crippen MR) is 149 cm³/mol. The van der Waals surface area contributed by atoms with E-state index < -0.39 is 17.9 Å². The number of nitriles is 1. The highest BCUT2D eigenvalue weighted by Gasteiger charge is 2.38. The lowest BCUT2D eigenvalue weighted by molar-refractivity contribution is -0.141. The zero-order valence-electron chi connectivity index (χ0n) is 22.8. The molecule has 5 N–H and O–H groups in total. The fourth-order valence-electron chi connectivity index (χ4n) is 4.30. The number of hydrogen-bond donors (Lipinski definition) is 4. The number of hydrogen-bond acceptors (Lipinski definition) is 8. The number of benzene rings is 1. The number of carbonyl (C=O) groups excluding carboxylic acids is 2. The molecular formula is C28H28F3N9O2. The quantitative estimate of drug-likeness (QED) is 0.208. The minimum Gasteiger partial charge on any atom is -0.353 e. The largest absolute Gasteiger partial charge is 0.435 e. The molecule has 11 nitrogen and oxygen atoms in total. The van der Waals surface area contributed by atoms with Gasteiger partial charge in [-0.15, -0.1) is 0 Å². The van der Waals surface area contributed by atoms with Gasteiger partial charge in [0.05, 0.1) is 12.1 Å². The first-order valence-corrected chi connectivity index (χ1v) is 13.0. The van der Waals surface area contributed by atoms with Crippen LogP contribution in [0.1, 0.15) is 35.5 Å². The molecular weight excluding hydrogens is 551 g/mol. The second-order valence-corrected chi connectivity index (χ2v) is 9.35. The summed E-state index contributed by atoms with van der Waals surface area (Å²) in [5.74, 6) is -0.324. The van der Waals surface area contributed by atoms with Crippen LogP contribution in [0.5, 0.6) is 0 Å². The molecule has 1 atom stereocenters. The molecule has 2 aliphatic rings. The molecule has 14 heteroatoms. The summed E-state index contributed by atoms with van der Waals surface area (Å²) < 4.78 is 42.3. The van der Waals surface area contributed by atoms with Crippen molar-refractivity contribution in [3.63, 3.8) is 0 Å². The molecule has 0 bridgehead atoms. The number of nitrogens with two attached hydrogens (primary N) is 1. The number of rotatable bonds is 10. The Hall–Kier alpha value is -5.03. The Morgan fingerprint density at radius 2 is 1.88 bits per heavy atom. The van der Waals surface area contributed by atoms with Crippen molar-refractivity contribution in [3.05, 3.63) is 65.7 Å². The van der Waals surface area contributed by atoms with Gasteiger partial charge in [-0.1, -0.05) is 13.0 Å². The van der Waals surface area contributed by atoms with Crippen LogP contribution >= 0.6 is 0 Å². The maximum absolute atomic E-state index is 13.8. The van der Waals surface area contributed by atoms with Crippen molar-refractivity contribution in [2.45, 2.75) is 39.0 Å². The molecule has 0 unspecified atom stereocenters. The highest BCUT2D eigenvalue weighted by Crippen LogP contribution is 2.42. The molecule has 2 aromatic rings. The van der Waals surface area contributed by atoms with Crippen LogP contribution in [0.25, 0.3) is 22.4 Å². The zero-order chi connectivity index (χ0) is 30.4. The Kier molecular flexibility index (Phi) is 9.02. The Morgan fingerprint density at radius 1 is 1.12 bits per heavy atom. The van der Waals surface area contributed by atoms with Crippen LogP contribution in [0.3, 0.4) is 0 Å². The molecule has 0 radical (unpaired) electrons. The van der Waals surface area contributed by atoms with Gasteiger partial charge in [-0.05, 0) is 43.2 Å². The Labute approximate surface area is 239 Å². The maximum Gasteiger partial charge on any atom is 0.435 e. The number of aromatic nitrogens is 4. The molecule has 0 aliphatic carbocycles. The lowest BCUT2D eigenvalue weighted by Gasteiger charge is -2.13. The Morgan fingerprint density at radius 3 is 2.57 bits per heavy atom. The molecule has 42 heavy (non-hydrogen) atoms. The van der Waals surface area contributed by atoms with Crippen LogP contribution in [-0.4, -0.2) is 50.7 Å². The number of alkyl halides is 3. The number of aryl methyl sites for hydroxylation is 1. The van der Waals surface area contributed by atoms with Gasteiger partial charge in [0.1, 0.15) is 12.2 Å². The molecule has 1 aromatic heterocycles. The van der Waals surface area contributed by atoms with E-state index in [4.69, 9.17) is 11.0 Å². The van der Waals surface area contributed by atoms with Crippen molar-refractivity contribution in [1.29, 1.82) is 5.26 Å². The van der Waals surface area contributed by atoms with Gasteiger partial charge < -0.3 is 21.7 Å². The van der Waals surface area contributed by atoms with E-state index in [0.717, 1.165) is 10.2 Å². The van der Waals surface area contributed by atoms with E-state index >= 15 is 0 Å². The first-order chi connectivity index (χ1) is 20.0. The van der Waals surface area contributed by atoms with Crippen molar-refractivity contribution in [2.24, 2.45) is 5.73 Å². The van der Waals surface area contributed by atoms with Gasteiger partial charge in [-0.2, -0.15) is 23.5 Å². The third-order valence-corrected chi connectivity index (χ3v) is 6.31. The molecule has 218 valence electrons. The monoisotopic (exact) mass is 579 g/mol. The van der Waals surface area contributed by atoms with Crippen molar-refractivity contribution < 1.29 is 22.8 Å². The summed E-state index contributed by atoms with van der Waals surface area (Å²) in [7, 11) is 0. The summed E-state index contributed by atoms with van der Waals surface area (Å²) in [6.45, 7) is 3.58. The molecule has 0 spiro atoms. The minimum absolute atomic E-state index is 0.195. The number of nitrogens with one attached hydrogen (secondary N) is 3. The Bertz CT molecular complexity index is 1610. The van der Waals surface area contributed by atoms with Crippen molar-refractivity contribution in [3.8, 4) is 28.5 Å². The third-order valence-electron chi connectivity index (χ3n) is 6.31. The van der Waals surface area contributed by atoms with Crippen molar-refractivity contribution in [1.82, 2.24) is 30.4 Å². The third kappa shape index (κ3) is 6.64. The second-order valence-electron chi connectivity index (χ2n) is 9.35. The molecule has 2 amide bonds. The van der Waals surface area contributed by atoms with Crippen LogP contribution in [0.15, 0.2) is 48.9 Å². The van der Waals surface area contributed by atoms with E-state index in [2.05, 4.69) is 31.0 Å². The highest BCUT2D eigenvalue weighted by molar-refractivity contribution is 5.96. The summed E-state index contributed by atoms with van der Waals surface area (Å²) in [4.78, 5) is 33.1. The fourth-order valence-corrected chi connectivity index (χ4v) is 4.30. The summed E-state index contributed by atoms with van der Waals surface area (Å²) >= 11 is 0. The normalized spacial score (nSPS) is 12.0. The van der Waals surface area contributed by atoms with Crippen LogP contribution in [0.4, 0.5) is 24.7 Å². The van der Waals surface area contributed by atoms with Gasteiger partial charge in [-0.25, -0.2) is 4.98 Å². The number of halogens is 3. The lowest BCUT2D eigenvalue weighted by Crippen LogP contribution is -2.42. The summed E-state index contributed by atoms with van der Waals surface area (Å²) in [6.07, 6.45) is -0.208. The Balaban J connectivity index is 1.57. The second kappa shape index (κ2) is 12.6. The smallest absolute Gasteiger partial charge is 0.353 e. The molecule has 2 aliphatic heterocycles. The molecule has 0 saturated carbocycles. The topological polar surface area (TPSA) is 164 Å². The molecule has 3 heterocycles. The fraction of sp³-hybridized carbons (Fsp3) is 0.286. The van der Waals surface area contributed by atoms with Gasteiger partial charge in [0, 0.05) is 59.6 Å². The minimum atomic E-state index is -4.74. The number of carbonyl (C=O) groups is 2. The van der Waals surface area contributed by atoms with Gasteiger partial charge in [-0.3, -0.25) is 19.3 Å². The lowest BCUT2D eigenvalue weighted by atomic mass is 10.0. The average molecular weight is 580 g/mol. The van der Waals surface area contributed by atoms with Gasteiger partial charge in [0.25, 0.3) is 5.91 Å². The van der Waals surface area contributed by atoms with Crippen LogP contribution in [0.2, 0.25) is 0 Å². The van der Waals surface area contributed by atoms with Crippen molar-refractivity contribution in [2.75, 3.05) is 18.4 Å². The van der Waals surface area contributed by atoms with E-state index in [1.165, 1.54) is 18.6 Å². The van der Waals surface area contributed by atoms with Crippen LogP contribution < -0.4 is 21.7 Å². The highest BCUT2D eigenvalue weighted by atomic mass is 19.4. The van der Waals surface area contributed by atoms with E-state index in [-0.39, 0.29) is 42.6 Å². The number of nitrogens with zero attached hydrogens (tertiary/aromatic N) is 5. The first-order valence-electron chi connectivity index (χ1n) is 13.0. The predicted octanol–water partition coefficient (Wildman–Crippen LogP) is 3.49. The maximum atomic E-state index is 13.8. The molecule has 4 rings (SSSR count). The summed E-state index contributed by atoms with van der Waals surface area (Å²) in [5.41, 5.74) is 6.91.